The second-order valence-corrected chi connectivity index (χ2v) is 4.84. The predicted molar refractivity (Wildman–Crippen MR) is 82.7 cm³/mol. The lowest BCUT2D eigenvalue weighted by molar-refractivity contribution is 0.373. The van der Waals surface area contributed by atoms with Gasteiger partial charge in [0.1, 0.15) is 0 Å². The monoisotopic (exact) mass is 283 g/mol. The highest BCUT2D eigenvalue weighted by Gasteiger charge is 2.07. The molecule has 2 aromatic carbocycles. The van der Waals surface area contributed by atoms with Gasteiger partial charge in [0, 0.05) is 13.6 Å². The van der Waals surface area contributed by atoms with Gasteiger partial charge in [-0.3, -0.25) is 0 Å². The summed E-state index contributed by atoms with van der Waals surface area (Å²) >= 11 is 0. The van der Waals surface area contributed by atoms with Crippen LogP contribution in [0.3, 0.4) is 0 Å². The summed E-state index contributed by atoms with van der Waals surface area (Å²) < 4.78 is 7.13. The van der Waals surface area contributed by atoms with Gasteiger partial charge in [-0.25, -0.2) is 4.98 Å². The van der Waals surface area contributed by atoms with Crippen molar-refractivity contribution in [1.29, 1.82) is 0 Å². The molecule has 1 heterocycles. The normalized spacial score (nSPS) is 10.8. The van der Waals surface area contributed by atoms with Crippen molar-refractivity contribution < 1.29 is 9.84 Å². The molecule has 3 aromatic rings. The molecule has 0 saturated carbocycles. The number of nitrogens with zero attached hydrogens (tertiary/aromatic N) is 2. The van der Waals surface area contributed by atoms with E-state index in [1.54, 1.807) is 6.07 Å². The van der Waals surface area contributed by atoms with Gasteiger partial charge in [-0.15, -0.1) is 0 Å². The summed E-state index contributed by atoms with van der Waals surface area (Å²) in [6.45, 7) is 0.605. The van der Waals surface area contributed by atoms with Crippen molar-refractivity contribution in [3.63, 3.8) is 0 Å². The first-order chi connectivity index (χ1) is 10.2. The second-order valence-electron chi connectivity index (χ2n) is 4.84. The molecule has 0 aliphatic heterocycles. The molecule has 0 spiro atoms. The maximum Gasteiger partial charge on any atom is 0.203 e. The number of hydrogen-bond donors (Lipinski definition) is 2. The number of benzene rings is 2. The zero-order valence-electron chi connectivity index (χ0n) is 12.0. The maximum absolute atomic E-state index is 9.60. The predicted octanol–water partition coefficient (Wildman–Crippen LogP) is 2.90. The molecule has 108 valence electrons. The molecule has 0 unspecified atom stereocenters. The Morgan fingerprint density at radius 2 is 2.05 bits per heavy atom. The van der Waals surface area contributed by atoms with E-state index in [9.17, 15) is 5.11 Å². The summed E-state index contributed by atoms with van der Waals surface area (Å²) in [6.07, 6.45) is 0. The van der Waals surface area contributed by atoms with Gasteiger partial charge in [0.25, 0.3) is 0 Å². The van der Waals surface area contributed by atoms with Gasteiger partial charge >= 0.3 is 0 Å². The van der Waals surface area contributed by atoms with Gasteiger partial charge in [0.15, 0.2) is 11.5 Å². The number of hydrogen-bond acceptors (Lipinski definition) is 4. The highest BCUT2D eigenvalue weighted by atomic mass is 16.5. The Morgan fingerprint density at radius 1 is 1.24 bits per heavy atom. The molecular weight excluding hydrogens is 266 g/mol. The average Bonchev–Trinajstić information content (AvgIpc) is 2.83. The van der Waals surface area contributed by atoms with Crippen molar-refractivity contribution in [2.24, 2.45) is 7.05 Å². The van der Waals surface area contributed by atoms with Crippen LogP contribution >= 0.6 is 0 Å². The number of aryl methyl sites for hydroxylation is 1. The zero-order chi connectivity index (χ0) is 14.8. The fourth-order valence-corrected chi connectivity index (χ4v) is 2.32. The molecule has 0 fully saturated rings. The molecule has 5 heteroatoms. The Hall–Kier alpha value is -2.69. The Kier molecular flexibility index (Phi) is 3.39. The molecule has 0 amide bonds. The molecule has 5 nitrogen and oxygen atoms in total. The molecule has 0 atom stereocenters. The van der Waals surface area contributed by atoms with E-state index in [0.717, 1.165) is 22.5 Å². The smallest absolute Gasteiger partial charge is 0.203 e. The second kappa shape index (κ2) is 5.36. The lowest BCUT2D eigenvalue weighted by Crippen LogP contribution is -2.05. The molecule has 2 N–H and O–H groups in total. The van der Waals surface area contributed by atoms with Crippen LogP contribution in [0.1, 0.15) is 5.56 Å². The van der Waals surface area contributed by atoms with E-state index in [1.807, 2.05) is 48.0 Å². The third kappa shape index (κ3) is 2.50. The molecule has 3 rings (SSSR count). The van der Waals surface area contributed by atoms with E-state index >= 15 is 0 Å². The first-order valence-corrected chi connectivity index (χ1v) is 6.70. The Morgan fingerprint density at radius 3 is 2.81 bits per heavy atom. The van der Waals surface area contributed by atoms with Crippen LogP contribution in [0.4, 0.5) is 5.95 Å². The van der Waals surface area contributed by atoms with E-state index in [2.05, 4.69) is 10.3 Å². The highest BCUT2D eigenvalue weighted by molar-refractivity contribution is 5.78. The molecule has 0 aliphatic carbocycles. The number of imidazole rings is 1. The van der Waals surface area contributed by atoms with Gasteiger partial charge in [0.05, 0.1) is 18.1 Å². The molecular formula is C16H17N3O2. The van der Waals surface area contributed by atoms with Crippen molar-refractivity contribution in [1.82, 2.24) is 9.55 Å². The van der Waals surface area contributed by atoms with E-state index in [0.29, 0.717) is 12.3 Å². The first kappa shape index (κ1) is 13.3. The molecule has 0 bridgehead atoms. The zero-order valence-corrected chi connectivity index (χ0v) is 12.0. The number of aromatic nitrogens is 2. The van der Waals surface area contributed by atoms with Crippen molar-refractivity contribution in [3.8, 4) is 11.5 Å². The van der Waals surface area contributed by atoms with Crippen LogP contribution in [0.15, 0.2) is 42.5 Å². The topological polar surface area (TPSA) is 59.3 Å². The standard InChI is InChI=1S/C16H17N3O2/c1-19-13-6-4-3-5-12(13)18-16(19)17-10-11-7-8-14(20)15(9-11)21-2/h3-9,20H,10H2,1-2H3,(H,17,18). The van der Waals surface area contributed by atoms with Crippen molar-refractivity contribution in [2.45, 2.75) is 6.54 Å². The van der Waals surface area contributed by atoms with Crippen LogP contribution in [0.2, 0.25) is 0 Å². The number of nitrogens with one attached hydrogen (secondary N) is 1. The summed E-state index contributed by atoms with van der Waals surface area (Å²) in [7, 11) is 3.52. The van der Waals surface area contributed by atoms with Gasteiger partial charge in [0.2, 0.25) is 5.95 Å². The first-order valence-electron chi connectivity index (χ1n) is 6.70. The molecule has 1 aromatic heterocycles. The molecule has 21 heavy (non-hydrogen) atoms. The van der Waals surface area contributed by atoms with Gasteiger partial charge in [-0.2, -0.15) is 0 Å². The van der Waals surface area contributed by atoms with Gasteiger partial charge in [-0.05, 0) is 29.8 Å². The summed E-state index contributed by atoms with van der Waals surface area (Å²) in [6, 6.07) is 13.3. The van der Waals surface area contributed by atoms with Crippen LogP contribution in [0.25, 0.3) is 11.0 Å². The number of anilines is 1. The Bertz CT molecular complexity index is 780. The van der Waals surface area contributed by atoms with Crippen LogP contribution in [-0.2, 0) is 13.6 Å². The van der Waals surface area contributed by atoms with Gasteiger partial charge < -0.3 is 19.7 Å². The fourth-order valence-electron chi connectivity index (χ4n) is 2.32. The van der Waals surface area contributed by atoms with Crippen molar-refractivity contribution in [2.75, 3.05) is 12.4 Å². The number of para-hydroxylation sites is 2. The number of rotatable bonds is 4. The Balaban J connectivity index is 1.82. The molecule has 0 radical (unpaired) electrons. The quantitative estimate of drug-likeness (QED) is 0.773. The van der Waals surface area contributed by atoms with E-state index in [1.165, 1.54) is 7.11 Å². The number of phenols is 1. The van der Waals surface area contributed by atoms with E-state index < -0.39 is 0 Å². The fraction of sp³-hybridized carbons (Fsp3) is 0.188. The molecule has 0 saturated heterocycles. The lowest BCUT2D eigenvalue weighted by atomic mass is 10.2. The minimum absolute atomic E-state index is 0.143. The summed E-state index contributed by atoms with van der Waals surface area (Å²) in [5, 5.41) is 12.9. The average molecular weight is 283 g/mol. The lowest BCUT2D eigenvalue weighted by Gasteiger charge is -2.09. The van der Waals surface area contributed by atoms with Gasteiger partial charge in [-0.1, -0.05) is 18.2 Å². The number of methoxy groups -OCH3 is 1. The van der Waals surface area contributed by atoms with Crippen LogP contribution < -0.4 is 10.1 Å². The molecule has 0 aliphatic rings. The van der Waals surface area contributed by atoms with E-state index in [-0.39, 0.29) is 5.75 Å². The Labute approximate surface area is 122 Å². The SMILES string of the molecule is COc1cc(CNc2nc3ccccc3n2C)ccc1O. The summed E-state index contributed by atoms with van der Waals surface area (Å²) in [5.74, 6) is 1.42. The van der Waals surface area contributed by atoms with Crippen molar-refractivity contribution in [3.05, 3.63) is 48.0 Å². The number of fused-ring (bicyclic) bond motifs is 1. The van der Waals surface area contributed by atoms with Crippen LogP contribution in [-0.4, -0.2) is 21.8 Å². The van der Waals surface area contributed by atoms with Crippen LogP contribution in [0.5, 0.6) is 11.5 Å². The maximum atomic E-state index is 9.60. The third-order valence-electron chi connectivity index (χ3n) is 3.48. The van der Waals surface area contributed by atoms with Crippen LogP contribution in [0, 0.1) is 0 Å². The largest absolute Gasteiger partial charge is 0.504 e. The third-order valence-corrected chi connectivity index (χ3v) is 3.48. The summed E-state index contributed by atoms with van der Waals surface area (Å²) in [4.78, 5) is 4.56. The number of phenolic OH excluding ortho intramolecular Hbond substituents is 1. The number of ether oxygens (including phenoxy) is 1. The summed E-state index contributed by atoms with van der Waals surface area (Å²) in [5.41, 5.74) is 3.06. The van der Waals surface area contributed by atoms with Crippen molar-refractivity contribution >= 4 is 17.0 Å². The highest BCUT2D eigenvalue weighted by Crippen LogP contribution is 2.26. The minimum atomic E-state index is 0.143. The number of aromatic hydroxyl groups is 1. The minimum Gasteiger partial charge on any atom is -0.504 e. The van der Waals surface area contributed by atoms with E-state index in [4.69, 9.17) is 4.74 Å².